The van der Waals surface area contributed by atoms with Crippen LogP contribution in [0.2, 0.25) is 0 Å². The summed E-state index contributed by atoms with van der Waals surface area (Å²) in [6.45, 7) is 1.90. The average molecular weight is 450 g/mol. The summed E-state index contributed by atoms with van der Waals surface area (Å²) in [5.74, 6) is 4.59. The summed E-state index contributed by atoms with van der Waals surface area (Å²) in [7, 11) is -3.83. The molecule has 1 aromatic heterocycles. The van der Waals surface area contributed by atoms with E-state index in [2.05, 4.69) is 26.5 Å². The molecule has 0 spiro atoms. The zero-order chi connectivity index (χ0) is 22.7. The molecule has 9 heteroatoms. The Kier molecular flexibility index (Phi) is 5.99. The van der Waals surface area contributed by atoms with Crippen molar-refractivity contribution in [2.45, 2.75) is 30.6 Å². The Morgan fingerprint density at radius 1 is 1.16 bits per heavy atom. The summed E-state index contributed by atoms with van der Waals surface area (Å²) in [6.07, 6.45) is 9.22. The molecular formula is C23H23N5O3S. The van der Waals surface area contributed by atoms with Crippen molar-refractivity contribution in [2.75, 3.05) is 17.2 Å². The number of aryl methyl sites for hydroxylation is 1. The predicted octanol–water partition coefficient (Wildman–Crippen LogP) is 3.81. The topological polar surface area (TPSA) is 119 Å². The van der Waals surface area contributed by atoms with Crippen LogP contribution in [0.4, 0.5) is 23.1 Å². The van der Waals surface area contributed by atoms with E-state index < -0.39 is 10.0 Å². The van der Waals surface area contributed by atoms with Crippen molar-refractivity contribution in [3.63, 3.8) is 0 Å². The molecule has 0 atom stereocenters. The largest absolute Gasteiger partial charge is 0.481 e. The second-order valence-corrected chi connectivity index (χ2v) is 9.09. The Morgan fingerprint density at radius 3 is 2.53 bits per heavy atom. The van der Waals surface area contributed by atoms with Crippen LogP contribution < -0.4 is 20.5 Å². The molecular weight excluding hydrogens is 426 g/mol. The number of terminal acetylenes is 1. The van der Waals surface area contributed by atoms with Crippen LogP contribution in [-0.2, 0) is 10.0 Å². The number of nitrogens with two attached hydrogens (primary N) is 1. The highest BCUT2D eigenvalue weighted by Crippen LogP contribution is 2.43. The summed E-state index contributed by atoms with van der Waals surface area (Å²) in [5, 5.41) is 11.7. The van der Waals surface area contributed by atoms with Gasteiger partial charge in [-0.3, -0.25) is 0 Å². The lowest BCUT2D eigenvalue weighted by molar-refractivity contribution is 0.370. The van der Waals surface area contributed by atoms with E-state index in [0.717, 1.165) is 24.1 Å². The molecule has 4 N–H and O–H groups in total. The van der Waals surface area contributed by atoms with Crippen LogP contribution >= 0.6 is 0 Å². The Bertz CT molecular complexity index is 1280. The first-order valence-corrected chi connectivity index (χ1v) is 11.6. The van der Waals surface area contributed by atoms with E-state index in [9.17, 15) is 8.42 Å². The number of sulfonamides is 1. The van der Waals surface area contributed by atoms with Gasteiger partial charge in [-0.05, 0) is 67.6 Å². The van der Waals surface area contributed by atoms with Crippen molar-refractivity contribution in [3.05, 3.63) is 59.8 Å². The van der Waals surface area contributed by atoms with Gasteiger partial charge in [-0.2, -0.15) is 4.98 Å². The smallest absolute Gasteiger partial charge is 0.238 e. The van der Waals surface area contributed by atoms with E-state index in [-0.39, 0.29) is 11.5 Å². The van der Waals surface area contributed by atoms with Crippen molar-refractivity contribution in [3.8, 4) is 18.1 Å². The number of rotatable bonds is 8. The number of benzene rings is 2. The van der Waals surface area contributed by atoms with Crippen LogP contribution in [0.5, 0.6) is 5.75 Å². The quantitative estimate of drug-likeness (QED) is 0.447. The molecule has 1 aliphatic carbocycles. The van der Waals surface area contributed by atoms with Crippen molar-refractivity contribution in [2.24, 2.45) is 5.14 Å². The minimum absolute atomic E-state index is 0.0580. The molecule has 1 heterocycles. The summed E-state index contributed by atoms with van der Waals surface area (Å²) in [4.78, 5) is 9.11. The predicted molar refractivity (Wildman–Crippen MR) is 124 cm³/mol. The molecule has 0 aliphatic heterocycles. The van der Waals surface area contributed by atoms with Gasteiger partial charge >= 0.3 is 0 Å². The van der Waals surface area contributed by atoms with Crippen molar-refractivity contribution in [1.82, 2.24) is 9.97 Å². The fraction of sp³-hybridized carbons (Fsp3) is 0.217. The molecule has 3 aromatic rings. The Hall–Kier alpha value is -3.61. The molecule has 0 radical (unpaired) electrons. The second kappa shape index (κ2) is 8.86. The summed E-state index contributed by atoms with van der Waals surface area (Å²) < 4.78 is 29.0. The third-order valence-corrected chi connectivity index (χ3v) is 6.08. The highest BCUT2D eigenvalue weighted by Gasteiger charge is 2.28. The van der Waals surface area contributed by atoms with E-state index in [4.69, 9.17) is 16.3 Å². The number of hydrogen-bond acceptors (Lipinski definition) is 7. The number of anilines is 4. The maximum absolute atomic E-state index is 11.8. The van der Waals surface area contributed by atoms with Gasteiger partial charge in [0, 0.05) is 23.1 Å². The molecule has 1 aliphatic rings. The first-order chi connectivity index (χ1) is 15.3. The maximum atomic E-state index is 11.8. The normalized spacial score (nSPS) is 13.3. The molecule has 1 saturated carbocycles. The van der Waals surface area contributed by atoms with E-state index in [1.54, 1.807) is 25.3 Å². The highest BCUT2D eigenvalue weighted by atomic mass is 32.2. The number of nitrogens with one attached hydrogen (secondary N) is 2. The van der Waals surface area contributed by atoms with Gasteiger partial charge in [-0.15, -0.1) is 6.42 Å². The van der Waals surface area contributed by atoms with Gasteiger partial charge in [0.1, 0.15) is 18.2 Å². The molecule has 8 nitrogen and oxygen atoms in total. The van der Waals surface area contributed by atoms with E-state index in [1.165, 1.54) is 6.07 Å². The summed E-state index contributed by atoms with van der Waals surface area (Å²) in [6, 6.07) is 12.3. The molecule has 0 unspecified atom stereocenters. The Balaban J connectivity index is 1.58. The second-order valence-electron chi connectivity index (χ2n) is 7.56. The zero-order valence-electron chi connectivity index (χ0n) is 17.5. The van der Waals surface area contributed by atoms with E-state index in [1.807, 2.05) is 24.3 Å². The van der Waals surface area contributed by atoms with E-state index in [0.29, 0.717) is 34.7 Å². The molecule has 0 amide bonds. The zero-order valence-corrected chi connectivity index (χ0v) is 18.3. The minimum Gasteiger partial charge on any atom is -0.481 e. The number of aromatic nitrogens is 2. The Labute approximate surface area is 187 Å². The molecule has 0 saturated heterocycles. The third kappa shape index (κ3) is 5.17. The number of nitrogens with zero attached hydrogens (tertiary/aromatic N) is 2. The fourth-order valence-corrected chi connectivity index (χ4v) is 4.06. The number of ether oxygens (including phenoxy) is 1. The van der Waals surface area contributed by atoms with Crippen LogP contribution in [0.25, 0.3) is 0 Å². The van der Waals surface area contributed by atoms with Gasteiger partial charge in [0.15, 0.2) is 0 Å². The van der Waals surface area contributed by atoms with Gasteiger partial charge in [-0.25, -0.2) is 18.5 Å². The molecule has 0 bridgehead atoms. The lowest BCUT2D eigenvalue weighted by atomic mass is 10.2. The van der Waals surface area contributed by atoms with Crippen molar-refractivity contribution in [1.29, 1.82) is 0 Å². The van der Waals surface area contributed by atoms with Crippen LogP contribution in [0.1, 0.15) is 29.9 Å². The fourth-order valence-electron chi connectivity index (χ4n) is 3.25. The van der Waals surface area contributed by atoms with Gasteiger partial charge < -0.3 is 15.4 Å². The van der Waals surface area contributed by atoms with Gasteiger partial charge in [-0.1, -0.05) is 12.0 Å². The maximum Gasteiger partial charge on any atom is 0.238 e. The van der Waals surface area contributed by atoms with Crippen LogP contribution in [0.3, 0.4) is 0 Å². The lowest BCUT2D eigenvalue weighted by Gasteiger charge is -2.14. The first kappa shape index (κ1) is 21.6. The standard InChI is InChI=1S/C23H23N5O3S/c1-3-12-31-19-10-8-17(9-11-19)26-22-20(16-5-6-16)14-25-23(28-22)27-18-7-4-15(2)21(13-18)32(24,29)30/h1,4,7-11,13-14,16H,5-6,12H2,2H3,(H2,24,29,30)(H2,25,26,27,28). The van der Waals surface area contributed by atoms with Gasteiger partial charge in [0.25, 0.3) is 0 Å². The Morgan fingerprint density at radius 2 is 1.88 bits per heavy atom. The van der Waals surface area contributed by atoms with Crippen LogP contribution in [0, 0.1) is 19.3 Å². The molecule has 2 aromatic carbocycles. The third-order valence-electron chi connectivity index (χ3n) is 5.02. The van der Waals surface area contributed by atoms with Gasteiger partial charge in [0.05, 0.1) is 4.90 Å². The summed E-state index contributed by atoms with van der Waals surface area (Å²) >= 11 is 0. The lowest BCUT2D eigenvalue weighted by Crippen LogP contribution is -2.14. The average Bonchev–Trinajstić information content (AvgIpc) is 3.59. The van der Waals surface area contributed by atoms with E-state index >= 15 is 0 Å². The number of hydrogen-bond donors (Lipinski definition) is 3. The van der Waals surface area contributed by atoms with Crippen LogP contribution in [-0.4, -0.2) is 25.0 Å². The monoisotopic (exact) mass is 449 g/mol. The molecule has 1 fully saturated rings. The van der Waals surface area contributed by atoms with Crippen molar-refractivity contribution >= 4 is 33.2 Å². The van der Waals surface area contributed by atoms with Crippen LogP contribution in [0.15, 0.2) is 53.6 Å². The first-order valence-electron chi connectivity index (χ1n) is 10.0. The molecule has 4 rings (SSSR count). The highest BCUT2D eigenvalue weighted by molar-refractivity contribution is 7.89. The van der Waals surface area contributed by atoms with Crippen molar-refractivity contribution < 1.29 is 13.2 Å². The van der Waals surface area contributed by atoms with Gasteiger partial charge in [0.2, 0.25) is 16.0 Å². The SMILES string of the molecule is C#CCOc1ccc(Nc2nc(Nc3ccc(C)c(S(N)(=O)=O)c3)ncc2C2CC2)cc1. The minimum atomic E-state index is -3.83. The molecule has 164 valence electrons. The number of primary sulfonamides is 1. The molecule has 32 heavy (non-hydrogen) atoms. The summed E-state index contributed by atoms with van der Waals surface area (Å²) in [5.41, 5.74) is 2.98.